The molecule has 0 unspecified atom stereocenters. The van der Waals surface area contributed by atoms with Gasteiger partial charge in [0.15, 0.2) is 17.5 Å². The van der Waals surface area contributed by atoms with E-state index in [1.54, 1.807) is 43.5 Å². The van der Waals surface area contributed by atoms with Crippen molar-refractivity contribution in [2.75, 3.05) is 19.0 Å². The van der Waals surface area contributed by atoms with Crippen LogP contribution >= 0.6 is 22.9 Å². The van der Waals surface area contributed by atoms with Crippen molar-refractivity contribution < 1.29 is 19.1 Å². The van der Waals surface area contributed by atoms with E-state index < -0.39 is 0 Å². The molecule has 3 rings (SSSR count). The highest BCUT2D eigenvalue weighted by molar-refractivity contribution is 7.14. The molecular formula is C21H19ClN2O4S. The lowest BCUT2D eigenvalue weighted by Gasteiger charge is -2.06. The van der Waals surface area contributed by atoms with Crippen molar-refractivity contribution in [2.45, 2.75) is 13.3 Å². The molecule has 1 aromatic heterocycles. The van der Waals surface area contributed by atoms with Gasteiger partial charge in [0, 0.05) is 22.9 Å². The number of ether oxygens (including phenoxy) is 2. The molecule has 1 N–H and O–H groups in total. The number of thiazole rings is 1. The Kier molecular flexibility index (Phi) is 6.85. The van der Waals surface area contributed by atoms with Crippen LogP contribution in [0.2, 0.25) is 5.02 Å². The molecule has 1 amide bonds. The summed E-state index contributed by atoms with van der Waals surface area (Å²) < 4.78 is 10.6. The van der Waals surface area contributed by atoms with E-state index in [9.17, 15) is 9.59 Å². The topological polar surface area (TPSA) is 77.5 Å². The van der Waals surface area contributed by atoms with Gasteiger partial charge in [0.2, 0.25) is 0 Å². The lowest BCUT2D eigenvalue weighted by atomic mass is 10.1. The fourth-order valence-corrected chi connectivity index (χ4v) is 3.53. The van der Waals surface area contributed by atoms with Crippen molar-refractivity contribution >= 4 is 39.8 Å². The van der Waals surface area contributed by atoms with Crippen molar-refractivity contribution in [2.24, 2.45) is 0 Å². The molecule has 0 bridgehead atoms. The molecule has 0 saturated carbocycles. The Balaban J connectivity index is 1.56. The van der Waals surface area contributed by atoms with Crippen LogP contribution in [0, 0.1) is 0 Å². The van der Waals surface area contributed by atoms with Crippen molar-refractivity contribution in [3.05, 3.63) is 58.4 Å². The van der Waals surface area contributed by atoms with Crippen LogP contribution in [-0.2, 0) is 4.79 Å². The molecule has 0 aliphatic carbocycles. The summed E-state index contributed by atoms with van der Waals surface area (Å²) in [5, 5.41) is 5.49. The highest BCUT2D eigenvalue weighted by Crippen LogP contribution is 2.31. The molecule has 150 valence electrons. The highest BCUT2D eigenvalue weighted by atomic mass is 35.5. The summed E-state index contributed by atoms with van der Waals surface area (Å²) in [5.74, 6) is 0.836. The first kappa shape index (κ1) is 20.8. The van der Waals surface area contributed by atoms with Crippen LogP contribution in [0.4, 0.5) is 5.13 Å². The molecule has 0 fully saturated rings. The van der Waals surface area contributed by atoms with E-state index in [-0.39, 0.29) is 18.3 Å². The van der Waals surface area contributed by atoms with Gasteiger partial charge < -0.3 is 9.47 Å². The SMILES string of the molecule is CCC(=O)c1ccc(OCC(=O)Nc2nc(-c3ccc(OC)c(Cl)c3)cs2)cc1. The zero-order valence-corrected chi connectivity index (χ0v) is 17.5. The molecule has 3 aromatic rings. The summed E-state index contributed by atoms with van der Waals surface area (Å²) in [4.78, 5) is 28.2. The molecule has 0 atom stereocenters. The maximum atomic E-state index is 12.1. The average Bonchev–Trinajstić information content (AvgIpc) is 3.20. The molecular weight excluding hydrogens is 412 g/mol. The Bertz CT molecular complexity index is 1020. The van der Waals surface area contributed by atoms with Crippen molar-refractivity contribution in [1.82, 2.24) is 4.98 Å². The molecule has 0 aliphatic heterocycles. The lowest BCUT2D eigenvalue weighted by molar-refractivity contribution is -0.118. The molecule has 0 saturated heterocycles. The van der Waals surface area contributed by atoms with Gasteiger partial charge in [-0.05, 0) is 42.5 Å². The van der Waals surface area contributed by atoms with E-state index in [0.717, 1.165) is 5.56 Å². The molecule has 8 heteroatoms. The van der Waals surface area contributed by atoms with Crippen LogP contribution in [0.5, 0.6) is 11.5 Å². The summed E-state index contributed by atoms with van der Waals surface area (Å²) in [6, 6.07) is 12.1. The monoisotopic (exact) mass is 430 g/mol. The van der Waals surface area contributed by atoms with Gasteiger partial charge in [-0.3, -0.25) is 14.9 Å². The minimum Gasteiger partial charge on any atom is -0.495 e. The number of rotatable bonds is 8. The van der Waals surface area contributed by atoms with Crippen molar-refractivity contribution in [1.29, 1.82) is 0 Å². The minimum atomic E-state index is -0.327. The molecule has 2 aromatic carbocycles. The molecule has 0 spiro atoms. The van der Waals surface area contributed by atoms with Crippen LogP contribution in [0.15, 0.2) is 47.8 Å². The van der Waals surface area contributed by atoms with Crippen LogP contribution < -0.4 is 14.8 Å². The van der Waals surface area contributed by atoms with Crippen molar-refractivity contribution in [3.63, 3.8) is 0 Å². The predicted molar refractivity (Wildman–Crippen MR) is 114 cm³/mol. The first-order chi connectivity index (χ1) is 14.0. The summed E-state index contributed by atoms with van der Waals surface area (Å²) in [5.41, 5.74) is 2.15. The Morgan fingerprint density at radius 1 is 1.17 bits per heavy atom. The summed E-state index contributed by atoms with van der Waals surface area (Å²) in [7, 11) is 1.55. The van der Waals surface area contributed by atoms with Gasteiger partial charge >= 0.3 is 0 Å². The first-order valence-corrected chi connectivity index (χ1v) is 10.1. The number of Topliss-reactive ketones (excluding diaryl/α,β-unsaturated/α-hetero) is 1. The number of methoxy groups -OCH3 is 1. The standard InChI is InChI=1S/C21H19ClN2O4S/c1-3-18(25)13-4-7-15(8-5-13)28-11-20(26)24-21-23-17(12-29-21)14-6-9-19(27-2)16(22)10-14/h4-10,12H,3,11H2,1-2H3,(H,23,24,26). The van der Waals surface area contributed by atoms with Gasteiger partial charge in [0.25, 0.3) is 5.91 Å². The third-order valence-electron chi connectivity index (χ3n) is 4.07. The van der Waals surface area contributed by atoms with Crippen LogP contribution in [-0.4, -0.2) is 30.4 Å². The quantitative estimate of drug-likeness (QED) is 0.504. The second-order valence-corrected chi connectivity index (χ2v) is 7.29. The molecule has 0 aliphatic rings. The first-order valence-electron chi connectivity index (χ1n) is 8.85. The van der Waals surface area contributed by atoms with E-state index in [0.29, 0.717) is 39.3 Å². The second-order valence-electron chi connectivity index (χ2n) is 6.03. The zero-order valence-electron chi connectivity index (χ0n) is 15.9. The molecule has 0 radical (unpaired) electrons. The highest BCUT2D eigenvalue weighted by Gasteiger charge is 2.11. The number of aromatic nitrogens is 1. The van der Waals surface area contributed by atoms with Gasteiger partial charge in [-0.15, -0.1) is 11.3 Å². The molecule has 1 heterocycles. The van der Waals surface area contributed by atoms with Gasteiger partial charge in [0.05, 0.1) is 17.8 Å². The van der Waals surface area contributed by atoms with E-state index in [4.69, 9.17) is 21.1 Å². The Hall–Kier alpha value is -2.90. The minimum absolute atomic E-state index is 0.0621. The number of nitrogens with zero attached hydrogens (tertiary/aromatic N) is 1. The third kappa shape index (κ3) is 5.34. The smallest absolute Gasteiger partial charge is 0.264 e. The Morgan fingerprint density at radius 2 is 1.93 bits per heavy atom. The number of nitrogens with one attached hydrogen (secondary N) is 1. The maximum absolute atomic E-state index is 12.1. The number of hydrogen-bond donors (Lipinski definition) is 1. The normalized spacial score (nSPS) is 10.4. The zero-order chi connectivity index (χ0) is 20.8. The van der Waals surface area contributed by atoms with E-state index in [2.05, 4.69) is 10.3 Å². The van der Waals surface area contributed by atoms with Crippen LogP contribution in [0.1, 0.15) is 23.7 Å². The fourth-order valence-electron chi connectivity index (χ4n) is 2.53. The van der Waals surface area contributed by atoms with E-state index in [1.807, 2.05) is 18.4 Å². The maximum Gasteiger partial charge on any atom is 0.264 e. The number of benzene rings is 2. The molecule has 29 heavy (non-hydrogen) atoms. The number of carbonyl (C=O) groups excluding carboxylic acids is 2. The fraction of sp³-hybridized carbons (Fsp3) is 0.190. The second kappa shape index (κ2) is 9.54. The number of anilines is 1. The predicted octanol–water partition coefficient (Wildman–Crippen LogP) is 5.08. The van der Waals surface area contributed by atoms with Crippen LogP contribution in [0.3, 0.4) is 0 Å². The third-order valence-corrected chi connectivity index (χ3v) is 5.12. The number of carbonyl (C=O) groups is 2. The van der Waals surface area contributed by atoms with Gasteiger partial charge in [-0.1, -0.05) is 18.5 Å². The van der Waals surface area contributed by atoms with E-state index >= 15 is 0 Å². The Labute approximate surface area is 177 Å². The summed E-state index contributed by atoms with van der Waals surface area (Å²) in [6.45, 7) is 1.65. The number of hydrogen-bond acceptors (Lipinski definition) is 6. The largest absolute Gasteiger partial charge is 0.495 e. The van der Waals surface area contributed by atoms with Crippen molar-refractivity contribution in [3.8, 4) is 22.8 Å². The van der Waals surface area contributed by atoms with Gasteiger partial charge in [-0.25, -0.2) is 4.98 Å². The van der Waals surface area contributed by atoms with Crippen LogP contribution in [0.25, 0.3) is 11.3 Å². The Morgan fingerprint density at radius 3 is 2.59 bits per heavy atom. The number of halogens is 1. The van der Waals surface area contributed by atoms with Gasteiger partial charge in [-0.2, -0.15) is 0 Å². The summed E-state index contributed by atoms with van der Waals surface area (Å²) in [6.07, 6.45) is 0.446. The van der Waals surface area contributed by atoms with E-state index in [1.165, 1.54) is 11.3 Å². The average molecular weight is 431 g/mol. The lowest BCUT2D eigenvalue weighted by Crippen LogP contribution is -2.20. The number of amides is 1. The van der Waals surface area contributed by atoms with Gasteiger partial charge in [0.1, 0.15) is 11.5 Å². The number of ketones is 1. The molecule has 6 nitrogen and oxygen atoms in total. The summed E-state index contributed by atoms with van der Waals surface area (Å²) >= 11 is 7.46.